The summed E-state index contributed by atoms with van der Waals surface area (Å²) in [5.41, 5.74) is 0.876. The molecule has 1 aliphatic rings. The molecule has 0 aliphatic heterocycles. The highest BCUT2D eigenvalue weighted by molar-refractivity contribution is 5.95. The van der Waals surface area contributed by atoms with Gasteiger partial charge in [0.15, 0.2) is 0 Å². The van der Waals surface area contributed by atoms with Gasteiger partial charge in [-0.3, -0.25) is 9.59 Å². The Balaban J connectivity index is 1.82. The van der Waals surface area contributed by atoms with Crippen molar-refractivity contribution in [3.8, 4) is 6.07 Å². The summed E-state index contributed by atoms with van der Waals surface area (Å²) in [6.45, 7) is -0.0604. The van der Waals surface area contributed by atoms with E-state index >= 15 is 0 Å². The zero-order chi connectivity index (χ0) is 15.1. The highest BCUT2D eigenvalue weighted by Gasteiger charge is 2.21. The van der Waals surface area contributed by atoms with Crippen molar-refractivity contribution in [3.05, 3.63) is 29.8 Å². The van der Waals surface area contributed by atoms with E-state index in [0.717, 1.165) is 25.7 Å². The lowest BCUT2D eigenvalue weighted by Gasteiger charge is -2.20. The molecule has 0 spiro atoms. The maximum atomic E-state index is 11.9. The van der Waals surface area contributed by atoms with E-state index < -0.39 is 0 Å². The van der Waals surface area contributed by atoms with Crippen LogP contribution in [0, 0.1) is 17.2 Å². The Hall–Kier alpha value is -2.35. The van der Waals surface area contributed by atoms with Gasteiger partial charge in [0.05, 0.1) is 17.8 Å². The summed E-state index contributed by atoms with van der Waals surface area (Å²) in [7, 11) is 0. The zero-order valence-corrected chi connectivity index (χ0v) is 11.9. The van der Waals surface area contributed by atoms with Gasteiger partial charge in [0.2, 0.25) is 11.8 Å². The van der Waals surface area contributed by atoms with Gasteiger partial charge < -0.3 is 10.6 Å². The van der Waals surface area contributed by atoms with Crippen LogP contribution in [0.15, 0.2) is 24.3 Å². The number of amides is 2. The van der Waals surface area contributed by atoms with E-state index in [1.165, 1.54) is 6.42 Å². The SMILES string of the molecule is N#Cc1ccccc1NC(=O)CNC(=O)C1CCCCC1. The number of benzene rings is 1. The molecule has 0 atom stereocenters. The normalized spacial score (nSPS) is 15.0. The van der Waals surface area contributed by atoms with Crippen LogP contribution in [-0.4, -0.2) is 18.4 Å². The highest BCUT2D eigenvalue weighted by atomic mass is 16.2. The third-order valence-electron chi connectivity index (χ3n) is 3.72. The maximum absolute atomic E-state index is 11.9. The summed E-state index contributed by atoms with van der Waals surface area (Å²) in [6, 6.07) is 8.80. The molecule has 110 valence electrons. The molecule has 5 nitrogen and oxygen atoms in total. The van der Waals surface area contributed by atoms with Crippen LogP contribution in [0.25, 0.3) is 0 Å². The van der Waals surface area contributed by atoms with E-state index in [1.54, 1.807) is 24.3 Å². The summed E-state index contributed by atoms with van der Waals surface area (Å²) in [5, 5.41) is 14.3. The van der Waals surface area contributed by atoms with E-state index in [0.29, 0.717) is 11.3 Å². The molecular weight excluding hydrogens is 266 g/mol. The number of hydrogen-bond acceptors (Lipinski definition) is 3. The molecule has 0 unspecified atom stereocenters. The van der Waals surface area contributed by atoms with E-state index in [4.69, 9.17) is 5.26 Å². The fourth-order valence-electron chi connectivity index (χ4n) is 2.56. The third-order valence-corrected chi connectivity index (χ3v) is 3.72. The number of rotatable bonds is 4. The Morgan fingerprint density at radius 2 is 1.90 bits per heavy atom. The number of para-hydroxylation sites is 1. The van der Waals surface area contributed by atoms with Crippen molar-refractivity contribution in [2.45, 2.75) is 32.1 Å². The maximum Gasteiger partial charge on any atom is 0.243 e. The van der Waals surface area contributed by atoms with Gasteiger partial charge in [-0.2, -0.15) is 5.26 Å². The number of hydrogen-bond donors (Lipinski definition) is 2. The molecule has 0 radical (unpaired) electrons. The lowest BCUT2D eigenvalue weighted by Crippen LogP contribution is -2.37. The Bertz CT molecular complexity index is 557. The lowest BCUT2D eigenvalue weighted by atomic mass is 9.89. The number of nitrogens with one attached hydrogen (secondary N) is 2. The van der Waals surface area contributed by atoms with Crippen LogP contribution < -0.4 is 10.6 Å². The van der Waals surface area contributed by atoms with Gasteiger partial charge in [0.1, 0.15) is 6.07 Å². The quantitative estimate of drug-likeness (QED) is 0.889. The first-order chi connectivity index (χ1) is 10.2. The van der Waals surface area contributed by atoms with Crippen molar-refractivity contribution in [1.29, 1.82) is 5.26 Å². The Morgan fingerprint density at radius 1 is 1.19 bits per heavy atom. The second-order valence-corrected chi connectivity index (χ2v) is 5.26. The van der Waals surface area contributed by atoms with Gasteiger partial charge in [0.25, 0.3) is 0 Å². The first-order valence-electron chi connectivity index (χ1n) is 7.27. The minimum absolute atomic E-state index is 0.0398. The molecule has 0 heterocycles. The van der Waals surface area contributed by atoms with Crippen molar-refractivity contribution in [2.24, 2.45) is 5.92 Å². The molecule has 21 heavy (non-hydrogen) atoms. The smallest absolute Gasteiger partial charge is 0.243 e. The molecule has 0 bridgehead atoms. The standard InChI is InChI=1S/C16H19N3O2/c17-10-13-8-4-5-9-14(13)19-15(20)11-18-16(21)12-6-2-1-3-7-12/h4-5,8-9,12H,1-3,6-7,11H2,(H,18,21)(H,19,20). The first kappa shape index (κ1) is 15.0. The topological polar surface area (TPSA) is 82.0 Å². The third kappa shape index (κ3) is 4.32. The molecular formula is C16H19N3O2. The number of nitrogens with zero attached hydrogens (tertiary/aromatic N) is 1. The van der Waals surface area contributed by atoms with Crippen molar-refractivity contribution in [1.82, 2.24) is 5.32 Å². The number of carbonyl (C=O) groups excluding carboxylic acids is 2. The van der Waals surface area contributed by atoms with Crippen molar-refractivity contribution >= 4 is 17.5 Å². The Labute approximate surface area is 124 Å². The molecule has 2 N–H and O–H groups in total. The lowest BCUT2D eigenvalue weighted by molar-refractivity contribution is -0.128. The summed E-state index contributed by atoms with van der Waals surface area (Å²) >= 11 is 0. The molecule has 0 aromatic heterocycles. The van der Waals surface area contributed by atoms with Crippen LogP contribution in [0.5, 0.6) is 0 Å². The van der Waals surface area contributed by atoms with E-state index in [9.17, 15) is 9.59 Å². The molecule has 1 aliphatic carbocycles. The van der Waals surface area contributed by atoms with Gasteiger partial charge in [-0.25, -0.2) is 0 Å². The second kappa shape index (κ2) is 7.44. The number of anilines is 1. The predicted molar refractivity (Wildman–Crippen MR) is 79.4 cm³/mol. The van der Waals surface area contributed by atoms with Crippen LogP contribution in [0.3, 0.4) is 0 Å². The number of carbonyl (C=O) groups is 2. The summed E-state index contributed by atoms with van der Waals surface area (Å²) in [6.07, 6.45) is 5.17. The fraction of sp³-hybridized carbons (Fsp3) is 0.438. The van der Waals surface area contributed by atoms with Gasteiger partial charge >= 0.3 is 0 Å². The average Bonchev–Trinajstić information content (AvgIpc) is 2.54. The summed E-state index contributed by atoms with van der Waals surface area (Å²) < 4.78 is 0. The van der Waals surface area contributed by atoms with Crippen LogP contribution in [0.4, 0.5) is 5.69 Å². The molecule has 1 fully saturated rings. The van der Waals surface area contributed by atoms with Crippen molar-refractivity contribution in [2.75, 3.05) is 11.9 Å². The van der Waals surface area contributed by atoms with Gasteiger partial charge in [-0.1, -0.05) is 31.4 Å². The molecule has 5 heteroatoms. The van der Waals surface area contributed by atoms with E-state index in [2.05, 4.69) is 10.6 Å². The average molecular weight is 285 g/mol. The first-order valence-corrected chi connectivity index (χ1v) is 7.27. The van der Waals surface area contributed by atoms with Crippen LogP contribution >= 0.6 is 0 Å². The van der Waals surface area contributed by atoms with Gasteiger partial charge in [-0.15, -0.1) is 0 Å². The fourth-order valence-corrected chi connectivity index (χ4v) is 2.56. The van der Waals surface area contributed by atoms with Crippen molar-refractivity contribution in [3.63, 3.8) is 0 Å². The minimum Gasteiger partial charge on any atom is -0.347 e. The monoisotopic (exact) mass is 285 g/mol. The van der Waals surface area contributed by atoms with Crippen LogP contribution in [0.1, 0.15) is 37.7 Å². The number of nitriles is 1. The molecule has 0 saturated heterocycles. The van der Waals surface area contributed by atoms with Crippen LogP contribution in [-0.2, 0) is 9.59 Å². The molecule has 2 amide bonds. The summed E-state index contributed by atoms with van der Waals surface area (Å²) in [4.78, 5) is 23.8. The molecule has 1 aromatic rings. The molecule has 1 saturated carbocycles. The van der Waals surface area contributed by atoms with E-state index in [1.807, 2.05) is 6.07 Å². The van der Waals surface area contributed by atoms with E-state index in [-0.39, 0.29) is 24.3 Å². The Morgan fingerprint density at radius 3 is 2.62 bits per heavy atom. The van der Waals surface area contributed by atoms with Crippen LogP contribution in [0.2, 0.25) is 0 Å². The second-order valence-electron chi connectivity index (χ2n) is 5.26. The zero-order valence-electron chi connectivity index (χ0n) is 11.9. The highest BCUT2D eigenvalue weighted by Crippen LogP contribution is 2.23. The Kier molecular flexibility index (Phi) is 5.33. The predicted octanol–water partition coefficient (Wildman–Crippen LogP) is 2.19. The molecule has 1 aromatic carbocycles. The van der Waals surface area contributed by atoms with Gasteiger partial charge in [-0.05, 0) is 25.0 Å². The van der Waals surface area contributed by atoms with Crippen molar-refractivity contribution < 1.29 is 9.59 Å². The largest absolute Gasteiger partial charge is 0.347 e. The minimum atomic E-state index is -0.318. The summed E-state index contributed by atoms with van der Waals surface area (Å²) in [5.74, 6) is -0.321. The molecule has 2 rings (SSSR count). The van der Waals surface area contributed by atoms with Gasteiger partial charge in [0, 0.05) is 5.92 Å².